The third kappa shape index (κ3) is 19.7. The van der Waals surface area contributed by atoms with Gasteiger partial charge >= 0.3 is 18.1 Å². The molecule has 3 fully saturated rings. The van der Waals surface area contributed by atoms with Crippen molar-refractivity contribution < 1.29 is 76.7 Å². The van der Waals surface area contributed by atoms with Crippen LogP contribution in [-0.4, -0.2) is 164 Å². The number of epoxide rings is 1. The largest absolute Gasteiger partial charge is 0.495 e. The predicted molar refractivity (Wildman–Crippen MR) is 373 cm³/mol. The Balaban J connectivity index is 1.16. The molecule has 6 rings (SSSR count). The van der Waals surface area contributed by atoms with Crippen LogP contribution < -0.4 is 42.0 Å². The minimum absolute atomic E-state index is 0.0156. The number of nitrogens with two attached hydrogens (primary N) is 1. The van der Waals surface area contributed by atoms with Crippen LogP contribution in [0.4, 0.5) is 21.0 Å². The van der Waals surface area contributed by atoms with Crippen LogP contribution >= 0.6 is 11.6 Å². The molecule has 0 radical (unpaired) electrons. The number of esters is 1. The standard InChI is InChI=1S/C73H109ClN8O16/c1-17-19-23-34-70(11)42-72(43-83,41-69(70,10)18-2)98-68(8,9)33-24-22-32-57(84)79-60(44(3)4)63(87)78-51(30-26-35-76-66(75)90)62(86)77-50-29-21-20-28-49(50)64(88)81(13)47(7)65(89)96-56-39-58(85)82(14)52-37-48(38-53(93-15)59(52)74)36-45(5)27-25-31-55(94-16)73(92)40-54(95-67(91)80-73)46(6)61-71(56,12)97-61/h20-21,25,27-29,31,37-38,43-44,46-47,51,54-56,60-61,92H,17-19,22-24,26,30,32-36,39-42H2,1-16H3,(H,77,86)(H,78,87)(H,79,84)(H,80,91)(H3,75,76,90)/b31-25+,45-27+/t46-,47+,51+,54+,55-,56+,60+,61+,69?,70?,71+,72?,73+/m1/s1. The number of fused-ring (bicyclic) bond motifs is 5. The smallest absolute Gasteiger partial charge is 0.409 e. The van der Waals surface area contributed by atoms with Gasteiger partial charge in [-0.2, -0.15) is 0 Å². The van der Waals surface area contributed by atoms with E-state index in [9.17, 15) is 48.3 Å². The van der Waals surface area contributed by atoms with E-state index < -0.39 is 125 Å². The Kier molecular flexibility index (Phi) is 27.6. The number of aliphatic hydroxyl groups is 1. The van der Waals surface area contributed by atoms with Crippen LogP contribution in [0.3, 0.4) is 0 Å². The fraction of sp³-hybridized carbons (Fsp3) is 0.658. The molecule has 25 heteroatoms. The maximum absolute atomic E-state index is 14.7. The highest BCUT2D eigenvalue weighted by molar-refractivity contribution is 6.35. The number of alkyl carbamates (subject to hydrolysis) is 1. The molecule has 1 saturated carbocycles. The van der Waals surface area contributed by atoms with Gasteiger partial charge in [-0.3, -0.25) is 29.3 Å². The molecule has 3 unspecified atom stereocenters. The first kappa shape index (κ1) is 79.9. The van der Waals surface area contributed by atoms with Crippen molar-refractivity contribution in [2.75, 3.05) is 45.1 Å². The highest BCUT2D eigenvalue weighted by atomic mass is 35.5. The van der Waals surface area contributed by atoms with Gasteiger partial charge in [0.15, 0.2) is 12.0 Å². The highest BCUT2D eigenvalue weighted by Gasteiger charge is 2.65. The van der Waals surface area contributed by atoms with Crippen molar-refractivity contribution in [2.45, 2.75) is 251 Å². The van der Waals surface area contributed by atoms with Crippen molar-refractivity contribution in [3.8, 4) is 5.75 Å². The van der Waals surface area contributed by atoms with Crippen molar-refractivity contribution in [2.24, 2.45) is 28.4 Å². The Hall–Kier alpha value is -7.12. The topological polar surface area (TPSA) is 325 Å². The Bertz CT molecular complexity index is 3270. The zero-order chi connectivity index (χ0) is 72.9. The first-order valence-corrected chi connectivity index (χ1v) is 34.9. The summed E-state index contributed by atoms with van der Waals surface area (Å²) in [7, 11) is 5.74. The van der Waals surface area contributed by atoms with Gasteiger partial charge in [-0.1, -0.05) is 128 Å². The predicted octanol–water partition coefficient (Wildman–Crippen LogP) is 9.93. The number of likely N-dealkylation sites (N-methyl/N-ethyl adjacent to an activating group) is 1. The molecule has 13 atom stereocenters. The summed E-state index contributed by atoms with van der Waals surface area (Å²) in [5, 5.41) is 25.6. The lowest BCUT2D eigenvalue weighted by atomic mass is 9.64. The number of primary amides is 1. The molecule has 4 bridgehead atoms. The van der Waals surface area contributed by atoms with Crippen LogP contribution in [0.2, 0.25) is 5.02 Å². The van der Waals surface area contributed by atoms with Gasteiger partial charge in [-0.25, -0.2) is 14.4 Å². The van der Waals surface area contributed by atoms with E-state index in [-0.39, 0.29) is 65.2 Å². The van der Waals surface area contributed by atoms with Gasteiger partial charge in [0.1, 0.15) is 58.4 Å². The number of carbonyl (C=O) groups excluding carboxylic acids is 9. The van der Waals surface area contributed by atoms with E-state index in [2.05, 4.69) is 54.3 Å². The van der Waals surface area contributed by atoms with Crippen molar-refractivity contribution >= 4 is 76.9 Å². The SMILES string of the molecule is CCCCCC1(C)CC(C=O)(OC(C)(C)CCCCC(=O)N[C@H](C(=O)N[C@@H](CCCNC(N)=O)C(=O)Nc2ccccc2C(=O)N(C)[C@@H](C)C(=O)O[C@H]2CC(=O)N(C)c3cc(cc(OC)c3Cl)C/C(C)=C/C=C/[C@@H](OC)[C@@]3(O)C[C@H](OC(=O)N3)[C@@H](C)[C@@H]3O[C@@]23C)C(C)C)CC1(C)CC. The molecule has 2 saturated heterocycles. The molecule has 1 aliphatic carbocycles. The minimum atomic E-state index is -1.93. The molecule has 24 nitrogen and oxygen atoms in total. The van der Waals surface area contributed by atoms with E-state index in [1.807, 2.05) is 26.8 Å². The maximum Gasteiger partial charge on any atom is 0.409 e. The number of carbonyl (C=O) groups is 9. The number of unbranched alkanes of at least 4 members (excludes halogenated alkanes) is 3. The summed E-state index contributed by atoms with van der Waals surface area (Å²) in [5.74, 6) is -4.77. The van der Waals surface area contributed by atoms with E-state index >= 15 is 0 Å². The van der Waals surface area contributed by atoms with Crippen LogP contribution in [0.1, 0.15) is 195 Å². The molecule has 0 spiro atoms. The van der Waals surface area contributed by atoms with Gasteiger partial charge in [-0.05, 0) is 133 Å². The number of hydrogen-bond acceptors (Lipinski definition) is 16. The molecule has 0 aromatic heterocycles. The quantitative estimate of drug-likeness (QED) is 0.0172. The number of ether oxygens (including phenoxy) is 6. The first-order valence-electron chi connectivity index (χ1n) is 34.5. The highest BCUT2D eigenvalue weighted by Crippen LogP contribution is 2.62. The fourth-order valence-corrected chi connectivity index (χ4v) is 14.6. The second-order valence-corrected chi connectivity index (χ2v) is 29.5. The van der Waals surface area contributed by atoms with Crippen molar-refractivity contribution in [1.29, 1.82) is 0 Å². The summed E-state index contributed by atoms with van der Waals surface area (Å²) in [5.41, 5.74) is 2.19. The number of amides is 8. The Labute approximate surface area is 583 Å². The van der Waals surface area contributed by atoms with Gasteiger partial charge in [0.2, 0.25) is 23.6 Å². The molecule has 2 aromatic carbocycles. The lowest BCUT2D eigenvalue weighted by molar-refractivity contribution is -0.160. The molecule has 8 N–H and O–H groups in total. The number of para-hydroxylation sites is 1. The average molecular weight is 1390 g/mol. The summed E-state index contributed by atoms with van der Waals surface area (Å²) >= 11 is 6.90. The molecule has 544 valence electrons. The summed E-state index contributed by atoms with van der Waals surface area (Å²) in [6.45, 7) is 23.2. The maximum atomic E-state index is 14.7. The molecular formula is C73H109ClN8O16. The zero-order valence-electron chi connectivity index (χ0n) is 60.4. The summed E-state index contributed by atoms with van der Waals surface area (Å²) in [6.07, 6.45) is 9.43. The molecule has 98 heavy (non-hydrogen) atoms. The Morgan fingerprint density at radius 3 is 2.31 bits per heavy atom. The van der Waals surface area contributed by atoms with Gasteiger partial charge < -0.3 is 75.1 Å². The van der Waals surface area contributed by atoms with Crippen LogP contribution in [-0.2, 0) is 58.9 Å². The summed E-state index contributed by atoms with van der Waals surface area (Å²) < 4.78 is 36.6. The van der Waals surface area contributed by atoms with Crippen LogP contribution in [0.5, 0.6) is 5.75 Å². The Morgan fingerprint density at radius 1 is 0.969 bits per heavy atom. The summed E-state index contributed by atoms with van der Waals surface area (Å²) in [6, 6.07) is 5.08. The van der Waals surface area contributed by atoms with Gasteiger partial charge in [0, 0.05) is 46.5 Å². The first-order chi connectivity index (χ1) is 46.0. The second-order valence-electron chi connectivity index (χ2n) is 29.2. The molecule has 3 aliphatic heterocycles. The van der Waals surface area contributed by atoms with Crippen molar-refractivity contribution in [1.82, 2.24) is 26.2 Å². The number of anilines is 2. The lowest BCUT2D eigenvalue weighted by Gasteiger charge is -2.42. The van der Waals surface area contributed by atoms with Gasteiger partial charge in [0.25, 0.3) is 5.91 Å². The van der Waals surface area contributed by atoms with Crippen molar-refractivity contribution in [3.63, 3.8) is 0 Å². The molecule has 2 aromatic rings. The normalized spacial score (nSPS) is 28.3. The third-order valence-electron chi connectivity index (χ3n) is 20.8. The van der Waals surface area contributed by atoms with E-state index in [0.29, 0.717) is 50.0 Å². The number of methoxy groups -OCH3 is 2. The van der Waals surface area contributed by atoms with Gasteiger partial charge in [-0.15, -0.1) is 0 Å². The minimum Gasteiger partial charge on any atom is -0.495 e. The zero-order valence-corrected chi connectivity index (χ0v) is 61.2. The average Bonchev–Trinajstić information content (AvgIpc) is 1.58. The second kappa shape index (κ2) is 33.8. The Morgan fingerprint density at radius 2 is 1.66 bits per heavy atom. The number of halogens is 1. The number of nitrogens with one attached hydrogen (secondary N) is 5. The number of aldehydes is 1. The lowest BCUT2D eigenvalue weighted by Crippen LogP contribution is -2.63. The fourth-order valence-electron chi connectivity index (χ4n) is 14.3. The van der Waals surface area contributed by atoms with Crippen LogP contribution in [0, 0.1) is 22.7 Å². The van der Waals surface area contributed by atoms with E-state index in [0.717, 1.165) is 54.4 Å². The van der Waals surface area contributed by atoms with Crippen LogP contribution in [0.25, 0.3) is 0 Å². The number of benzene rings is 2. The number of hydrogen-bond donors (Lipinski definition) is 7. The molecule has 4 aliphatic rings. The van der Waals surface area contributed by atoms with Gasteiger partial charge in [0.05, 0.1) is 42.2 Å². The monoisotopic (exact) mass is 1390 g/mol. The number of allylic oxidation sites excluding steroid dienone is 3. The number of nitrogens with zero attached hydrogens (tertiary/aromatic N) is 2. The molecular weight excluding hydrogens is 1280 g/mol. The third-order valence-corrected chi connectivity index (χ3v) is 21.2. The van der Waals surface area contributed by atoms with E-state index in [4.69, 9.17) is 45.8 Å². The summed E-state index contributed by atoms with van der Waals surface area (Å²) in [4.78, 5) is 127. The number of rotatable bonds is 29. The van der Waals surface area contributed by atoms with Crippen LogP contribution in [0.15, 0.2) is 60.2 Å². The number of urea groups is 1. The van der Waals surface area contributed by atoms with E-state index in [1.54, 1.807) is 64.1 Å². The van der Waals surface area contributed by atoms with Crippen molar-refractivity contribution in [3.05, 3.63) is 76.3 Å². The van der Waals surface area contributed by atoms with E-state index in [1.165, 1.54) is 52.3 Å². The molecule has 8 amide bonds. The molecule has 3 heterocycles.